The average Bonchev–Trinajstić information content (AvgIpc) is 2.05. The van der Waals surface area contributed by atoms with Crippen molar-refractivity contribution in [1.82, 2.24) is 0 Å². The van der Waals surface area contributed by atoms with Crippen molar-refractivity contribution >= 4 is 32.0 Å². The summed E-state index contributed by atoms with van der Waals surface area (Å²) in [5.74, 6) is 1.28. The van der Waals surface area contributed by atoms with Crippen LogP contribution in [0.15, 0.2) is 24.3 Å². The molecule has 1 aromatic carbocycles. The highest BCUT2D eigenvalue weighted by Crippen LogP contribution is 2.09. The number of benzene rings is 1. The van der Waals surface area contributed by atoms with E-state index in [1.165, 1.54) is 5.80 Å². The molecule has 0 N–H and O–H groups in total. The topological polar surface area (TPSA) is 17.1 Å². The molecule has 11 heavy (non-hydrogen) atoms. The maximum atomic E-state index is 11.0. The van der Waals surface area contributed by atoms with Crippen LogP contribution in [0.3, 0.4) is 0 Å². The van der Waals surface area contributed by atoms with Crippen LogP contribution in [0, 0.1) is 0 Å². The molecule has 0 aliphatic rings. The molecule has 1 aromatic rings. The Morgan fingerprint density at radius 2 is 1.91 bits per heavy atom. The van der Waals surface area contributed by atoms with E-state index in [0.717, 1.165) is 0 Å². The van der Waals surface area contributed by atoms with E-state index in [-0.39, 0.29) is 5.78 Å². The number of hydrogen-bond donors (Lipinski definition) is 0. The van der Waals surface area contributed by atoms with Crippen LogP contribution in [0.4, 0.5) is 0 Å². The number of halogens is 1. The first-order chi connectivity index (χ1) is 5.24. The van der Waals surface area contributed by atoms with Gasteiger partial charge in [0.05, 0.1) is 0 Å². The fourth-order valence-corrected chi connectivity index (χ4v) is 0.990. The third kappa shape index (κ3) is 2.14. The van der Waals surface area contributed by atoms with E-state index in [1.54, 1.807) is 24.3 Å². The standard InChI is InChI=1S/C8H6ClOP/c9-7-3-1-6(2-4-7)8(10)5-11/h1-5,11H. The summed E-state index contributed by atoms with van der Waals surface area (Å²) in [6.07, 6.45) is 0. The van der Waals surface area contributed by atoms with Crippen LogP contribution in [0.2, 0.25) is 5.02 Å². The second kappa shape index (κ2) is 3.66. The van der Waals surface area contributed by atoms with Crippen molar-refractivity contribution in [3.05, 3.63) is 34.9 Å². The van der Waals surface area contributed by atoms with Crippen LogP contribution in [-0.2, 0) is 0 Å². The van der Waals surface area contributed by atoms with Gasteiger partial charge in [0.15, 0.2) is 5.78 Å². The van der Waals surface area contributed by atoms with Crippen molar-refractivity contribution in [2.75, 3.05) is 0 Å². The lowest BCUT2D eigenvalue weighted by Gasteiger charge is -1.93. The van der Waals surface area contributed by atoms with Crippen LogP contribution in [-0.4, -0.2) is 11.6 Å². The Morgan fingerprint density at radius 3 is 2.36 bits per heavy atom. The molecule has 0 radical (unpaired) electrons. The van der Waals surface area contributed by atoms with Gasteiger partial charge in [-0.1, -0.05) is 11.6 Å². The highest BCUT2D eigenvalue weighted by Gasteiger charge is 1.98. The van der Waals surface area contributed by atoms with Crippen LogP contribution in [0.5, 0.6) is 0 Å². The van der Waals surface area contributed by atoms with Crippen LogP contribution >= 0.6 is 20.5 Å². The molecule has 0 saturated carbocycles. The van der Waals surface area contributed by atoms with Crippen molar-refractivity contribution in [3.63, 3.8) is 0 Å². The third-order valence-electron chi connectivity index (χ3n) is 1.26. The molecule has 1 rings (SSSR count). The van der Waals surface area contributed by atoms with Gasteiger partial charge in [0.1, 0.15) is 0 Å². The highest BCUT2D eigenvalue weighted by atomic mass is 35.5. The Hall–Kier alpha value is -0.650. The fraction of sp³-hybridized carbons (Fsp3) is 0. The molecule has 0 bridgehead atoms. The lowest BCUT2D eigenvalue weighted by molar-refractivity contribution is 0.107. The summed E-state index contributed by atoms with van der Waals surface area (Å²) >= 11 is 5.63. The van der Waals surface area contributed by atoms with Gasteiger partial charge in [-0.25, -0.2) is 0 Å². The first-order valence-electron chi connectivity index (χ1n) is 3.04. The summed E-state index contributed by atoms with van der Waals surface area (Å²) in [5, 5.41) is 0.635. The van der Waals surface area contributed by atoms with E-state index in [0.29, 0.717) is 10.6 Å². The van der Waals surface area contributed by atoms with Gasteiger partial charge >= 0.3 is 0 Å². The minimum atomic E-state index is -0.0571. The molecular formula is C8H6ClOP. The number of Topliss-reactive ketones (excluding diaryl/α,β-unsaturated/α-hetero) is 1. The number of hydrogen-bond acceptors (Lipinski definition) is 1. The second-order valence-corrected chi connectivity index (χ2v) is 2.74. The van der Waals surface area contributed by atoms with Crippen molar-refractivity contribution in [2.24, 2.45) is 0 Å². The van der Waals surface area contributed by atoms with E-state index < -0.39 is 0 Å². The first kappa shape index (κ1) is 8.45. The maximum absolute atomic E-state index is 11.0. The van der Waals surface area contributed by atoms with E-state index in [9.17, 15) is 4.79 Å². The van der Waals surface area contributed by atoms with Crippen LogP contribution < -0.4 is 0 Å². The quantitative estimate of drug-likeness (QED) is 0.510. The van der Waals surface area contributed by atoms with Crippen molar-refractivity contribution in [3.8, 4) is 0 Å². The van der Waals surface area contributed by atoms with Crippen LogP contribution in [0.25, 0.3) is 0 Å². The zero-order valence-corrected chi connectivity index (χ0v) is 7.43. The second-order valence-electron chi connectivity index (χ2n) is 2.02. The molecule has 1 nitrogen and oxygen atoms in total. The molecule has 0 aromatic heterocycles. The van der Waals surface area contributed by atoms with Gasteiger partial charge in [-0.05, 0) is 24.3 Å². The molecule has 3 heteroatoms. The molecule has 0 fully saturated rings. The summed E-state index contributed by atoms with van der Waals surface area (Å²) in [6, 6.07) is 6.73. The van der Waals surface area contributed by atoms with Gasteiger partial charge in [-0.2, -0.15) is 0 Å². The molecule has 0 spiro atoms. The number of carbonyl (C=O) groups excluding carboxylic acids is 1. The van der Waals surface area contributed by atoms with E-state index >= 15 is 0 Å². The summed E-state index contributed by atoms with van der Waals surface area (Å²) < 4.78 is 0. The average molecular weight is 185 g/mol. The number of rotatable bonds is 2. The molecule has 0 aliphatic heterocycles. The normalized spacial score (nSPS) is 9.18. The van der Waals surface area contributed by atoms with E-state index in [2.05, 4.69) is 8.86 Å². The SMILES string of the molecule is O=C(C=P)c1ccc(Cl)cc1. The van der Waals surface area contributed by atoms with E-state index in [1.807, 2.05) is 0 Å². The molecule has 0 aliphatic carbocycles. The van der Waals surface area contributed by atoms with Crippen molar-refractivity contribution in [2.45, 2.75) is 0 Å². The smallest absolute Gasteiger partial charge is 0.189 e. The molecule has 0 unspecified atom stereocenters. The van der Waals surface area contributed by atoms with Gasteiger partial charge in [0, 0.05) is 16.4 Å². The molecule has 0 amide bonds. The number of carbonyl (C=O) groups is 1. The Balaban J connectivity index is 2.98. The molecule has 0 heterocycles. The highest BCUT2D eigenvalue weighted by molar-refractivity contribution is 7.22. The minimum absolute atomic E-state index is 0.0571. The van der Waals surface area contributed by atoms with Crippen LogP contribution in [0.1, 0.15) is 10.4 Å². The van der Waals surface area contributed by atoms with Gasteiger partial charge in [-0.15, -0.1) is 8.86 Å². The lowest BCUT2D eigenvalue weighted by Crippen LogP contribution is -1.96. The Kier molecular flexibility index (Phi) is 2.81. The summed E-state index contributed by atoms with van der Waals surface area (Å²) in [6.45, 7) is 0. The third-order valence-corrected chi connectivity index (χ3v) is 1.77. The summed E-state index contributed by atoms with van der Waals surface area (Å²) in [5.41, 5.74) is 0.629. The Morgan fingerprint density at radius 1 is 1.36 bits per heavy atom. The summed E-state index contributed by atoms with van der Waals surface area (Å²) in [4.78, 5) is 11.0. The maximum Gasteiger partial charge on any atom is 0.189 e. The van der Waals surface area contributed by atoms with Gasteiger partial charge < -0.3 is 0 Å². The monoisotopic (exact) mass is 184 g/mol. The predicted molar refractivity (Wildman–Crippen MR) is 50.2 cm³/mol. The minimum Gasteiger partial charge on any atom is -0.289 e. The zero-order valence-electron chi connectivity index (χ0n) is 5.67. The molecular weight excluding hydrogens is 179 g/mol. The van der Waals surface area contributed by atoms with Gasteiger partial charge in [-0.3, -0.25) is 4.79 Å². The van der Waals surface area contributed by atoms with Crippen molar-refractivity contribution < 1.29 is 4.79 Å². The Labute approximate surface area is 72.2 Å². The lowest BCUT2D eigenvalue weighted by atomic mass is 10.2. The Bertz CT molecular complexity index is 279. The molecule has 56 valence electrons. The first-order valence-corrected chi connectivity index (χ1v) is 4.00. The van der Waals surface area contributed by atoms with Gasteiger partial charge in [0.25, 0.3) is 0 Å². The zero-order chi connectivity index (χ0) is 8.27. The van der Waals surface area contributed by atoms with E-state index in [4.69, 9.17) is 11.6 Å². The summed E-state index contributed by atoms with van der Waals surface area (Å²) in [7, 11) is 3.01. The largest absolute Gasteiger partial charge is 0.289 e. The number of ketones is 1. The predicted octanol–water partition coefficient (Wildman–Crippen LogP) is 2.47. The molecule has 0 atom stereocenters. The van der Waals surface area contributed by atoms with Crippen molar-refractivity contribution in [1.29, 1.82) is 0 Å². The van der Waals surface area contributed by atoms with Gasteiger partial charge in [0.2, 0.25) is 0 Å². The fourth-order valence-electron chi connectivity index (χ4n) is 0.697. The molecule has 0 saturated heterocycles.